The molecular formula is C13H23N5S. The van der Waals surface area contributed by atoms with E-state index in [1.807, 2.05) is 6.92 Å². The van der Waals surface area contributed by atoms with Gasteiger partial charge in [0.2, 0.25) is 0 Å². The van der Waals surface area contributed by atoms with Gasteiger partial charge < -0.3 is 10.6 Å². The Morgan fingerprint density at radius 1 is 1.47 bits per heavy atom. The van der Waals surface area contributed by atoms with E-state index >= 15 is 0 Å². The Morgan fingerprint density at radius 3 is 2.74 bits per heavy atom. The zero-order valence-electron chi connectivity index (χ0n) is 11.8. The third-order valence-corrected chi connectivity index (χ3v) is 3.51. The van der Waals surface area contributed by atoms with E-state index in [2.05, 4.69) is 34.2 Å². The zero-order valence-corrected chi connectivity index (χ0v) is 12.6. The van der Waals surface area contributed by atoms with Crippen molar-refractivity contribution >= 4 is 23.0 Å². The standard InChI is InChI=1S/C13H23N5S/c1-3-13(2,16-12(19)15-10-6-9-14)18-17-11-7-4-5-8-11/h18H,3-8,10H2,1-2H3,(H2,15,16,19). The van der Waals surface area contributed by atoms with E-state index in [-0.39, 0.29) is 5.66 Å². The summed E-state index contributed by atoms with van der Waals surface area (Å²) < 4.78 is 0. The van der Waals surface area contributed by atoms with E-state index in [0.29, 0.717) is 18.1 Å². The highest BCUT2D eigenvalue weighted by Gasteiger charge is 2.22. The summed E-state index contributed by atoms with van der Waals surface area (Å²) in [5.74, 6) is 0. The van der Waals surface area contributed by atoms with Crippen molar-refractivity contribution in [3.05, 3.63) is 0 Å². The Labute approximate surface area is 120 Å². The molecule has 0 heterocycles. The van der Waals surface area contributed by atoms with E-state index in [0.717, 1.165) is 19.3 Å². The highest BCUT2D eigenvalue weighted by atomic mass is 32.1. The summed E-state index contributed by atoms with van der Waals surface area (Å²) in [5, 5.41) is 19.7. The minimum Gasteiger partial charge on any atom is -0.362 e. The number of hydrogen-bond donors (Lipinski definition) is 3. The molecule has 106 valence electrons. The second kappa shape index (κ2) is 7.95. The van der Waals surface area contributed by atoms with E-state index in [1.165, 1.54) is 18.6 Å². The molecule has 1 atom stereocenters. The first kappa shape index (κ1) is 15.7. The number of thiocarbonyl (C=S) groups is 1. The average molecular weight is 281 g/mol. The summed E-state index contributed by atoms with van der Waals surface area (Å²) >= 11 is 5.21. The molecule has 1 aliphatic rings. The summed E-state index contributed by atoms with van der Waals surface area (Å²) in [7, 11) is 0. The summed E-state index contributed by atoms with van der Waals surface area (Å²) in [6.45, 7) is 4.67. The topological polar surface area (TPSA) is 72.2 Å². The second-order valence-electron chi connectivity index (χ2n) is 4.97. The summed E-state index contributed by atoms with van der Waals surface area (Å²) in [4.78, 5) is 0. The number of hydrazone groups is 1. The van der Waals surface area contributed by atoms with E-state index in [4.69, 9.17) is 17.5 Å². The minimum atomic E-state index is -0.355. The summed E-state index contributed by atoms with van der Waals surface area (Å²) in [6.07, 6.45) is 5.97. The number of nitrogens with zero attached hydrogens (tertiary/aromatic N) is 2. The molecule has 6 heteroatoms. The van der Waals surface area contributed by atoms with Crippen LogP contribution in [0.15, 0.2) is 5.10 Å². The summed E-state index contributed by atoms with van der Waals surface area (Å²) in [6, 6.07) is 2.07. The van der Waals surface area contributed by atoms with Crippen molar-refractivity contribution in [3.8, 4) is 6.07 Å². The van der Waals surface area contributed by atoms with Gasteiger partial charge in [0.15, 0.2) is 5.11 Å². The highest BCUT2D eigenvalue weighted by molar-refractivity contribution is 7.80. The SMILES string of the molecule is CCC(C)(NN=C1CCCC1)NC(=S)NCCC#N. The van der Waals surface area contributed by atoms with Gasteiger partial charge in [0.05, 0.1) is 12.5 Å². The van der Waals surface area contributed by atoms with Crippen LogP contribution in [0.2, 0.25) is 0 Å². The molecule has 1 unspecified atom stereocenters. The Bertz CT molecular complexity index is 366. The van der Waals surface area contributed by atoms with Crippen molar-refractivity contribution in [1.82, 2.24) is 16.1 Å². The molecule has 0 saturated heterocycles. The Kier molecular flexibility index (Phi) is 6.57. The molecule has 0 aliphatic heterocycles. The van der Waals surface area contributed by atoms with Crippen molar-refractivity contribution in [2.45, 2.75) is 58.0 Å². The van der Waals surface area contributed by atoms with Crippen LogP contribution in [0.5, 0.6) is 0 Å². The van der Waals surface area contributed by atoms with Crippen LogP contribution in [-0.4, -0.2) is 23.0 Å². The van der Waals surface area contributed by atoms with Crippen molar-refractivity contribution in [2.24, 2.45) is 5.10 Å². The number of rotatable bonds is 6. The number of nitrogens with one attached hydrogen (secondary N) is 3. The first-order valence-electron chi connectivity index (χ1n) is 6.85. The largest absolute Gasteiger partial charge is 0.362 e. The minimum absolute atomic E-state index is 0.355. The van der Waals surface area contributed by atoms with Gasteiger partial charge in [0.1, 0.15) is 5.66 Å². The lowest BCUT2D eigenvalue weighted by Crippen LogP contribution is -2.57. The summed E-state index contributed by atoms with van der Waals surface area (Å²) in [5.41, 5.74) is 4.08. The van der Waals surface area contributed by atoms with Crippen LogP contribution in [0.3, 0.4) is 0 Å². The molecule has 0 radical (unpaired) electrons. The fourth-order valence-electron chi connectivity index (χ4n) is 1.82. The van der Waals surface area contributed by atoms with Crippen LogP contribution >= 0.6 is 12.2 Å². The van der Waals surface area contributed by atoms with Crippen molar-refractivity contribution in [2.75, 3.05) is 6.54 Å². The van der Waals surface area contributed by atoms with Crippen LogP contribution in [0, 0.1) is 11.3 Å². The maximum Gasteiger partial charge on any atom is 0.168 e. The van der Waals surface area contributed by atoms with Gasteiger partial charge in [-0.25, -0.2) is 0 Å². The van der Waals surface area contributed by atoms with E-state index < -0.39 is 0 Å². The fourth-order valence-corrected chi connectivity index (χ4v) is 2.15. The van der Waals surface area contributed by atoms with Gasteiger partial charge in [-0.1, -0.05) is 6.92 Å². The average Bonchev–Trinajstić information content (AvgIpc) is 2.90. The van der Waals surface area contributed by atoms with Crippen LogP contribution in [0.1, 0.15) is 52.4 Å². The fraction of sp³-hybridized carbons (Fsp3) is 0.769. The monoisotopic (exact) mass is 281 g/mol. The first-order valence-corrected chi connectivity index (χ1v) is 7.26. The van der Waals surface area contributed by atoms with E-state index in [9.17, 15) is 0 Å². The van der Waals surface area contributed by atoms with Crippen LogP contribution < -0.4 is 16.1 Å². The molecule has 0 amide bonds. The van der Waals surface area contributed by atoms with Crippen LogP contribution in [0.4, 0.5) is 0 Å². The quantitative estimate of drug-likeness (QED) is 0.301. The molecule has 19 heavy (non-hydrogen) atoms. The molecule has 5 nitrogen and oxygen atoms in total. The predicted octanol–water partition coefficient (Wildman–Crippen LogP) is 2.01. The van der Waals surface area contributed by atoms with Crippen LogP contribution in [-0.2, 0) is 0 Å². The molecule has 1 saturated carbocycles. The van der Waals surface area contributed by atoms with Gasteiger partial charge >= 0.3 is 0 Å². The normalized spacial score (nSPS) is 17.2. The molecule has 1 aliphatic carbocycles. The zero-order chi connectivity index (χ0) is 14.1. The Morgan fingerprint density at radius 2 is 2.16 bits per heavy atom. The molecular weight excluding hydrogens is 258 g/mol. The third kappa shape index (κ3) is 5.88. The van der Waals surface area contributed by atoms with Gasteiger partial charge in [-0.05, 0) is 51.2 Å². The highest BCUT2D eigenvalue weighted by Crippen LogP contribution is 2.15. The van der Waals surface area contributed by atoms with Gasteiger partial charge in [-0.15, -0.1) is 0 Å². The molecule has 0 spiro atoms. The van der Waals surface area contributed by atoms with Crippen molar-refractivity contribution < 1.29 is 0 Å². The molecule has 1 fully saturated rings. The maximum atomic E-state index is 8.48. The molecule has 0 bridgehead atoms. The van der Waals surface area contributed by atoms with Gasteiger partial charge in [-0.3, -0.25) is 5.43 Å². The molecule has 1 rings (SSSR count). The predicted molar refractivity (Wildman–Crippen MR) is 81.7 cm³/mol. The maximum absolute atomic E-state index is 8.48. The van der Waals surface area contributed by atoms with Gasteiger partial charge in [0, 0.05) is 12.3 Å². The van der Waals surface area contributed by atoms with E-state index in [1.54, 1.807) is 0 Å². The lowest BCUT2D eigenvalue weighted by molar-refractivity contribution is 0.322. The van der Waals surface area contributed by atoms with Crippen LogP contribution in [0.25, 0.3) is 0 Å². The van der Waals surface area contributed by atoms with Crippen molar-refractivity contribution in [3.63, 3.8) is 0 Å². The molecule has 0 aromatic heterocycles. The lowest BCUT2D eigenvalue weighted by Gasteiger charge is -2.31. The third-order valence-electron chi connectivity index (χ3n) is 3.26. The van der Waals surface area contributed by atoms with Gasteiger partial charge in [0.25, 0.3) is 0 Å². The Hall–Kier alpha value is -1.35. The smallest absolute Gasteiger partial charge is 0.168 e. The van der Waals surface area contributed by atoms with Crippen molar-refractivity contribution in [1.29, 1.82) is 5.26 Å². The Balaban J connectivity index is 2.42. The number of hydrogen-bond acceptors (Lipinski definition) is 4. The number of nitriles is 1. The molecule has 3 N–H and O–H groups in total. The second-order valence-corrected chi connectivity index (χ2v) is 5.38. The lowest BCUT2D eigenvalue weighted by atomic mass is 10.1. The molecule has 0 aromatic carbocycles. The molecule has 0 aromatic rings. The first-order chi connectivity index (χ1) is 9.09. The van der Waals surface area contributed by atoms with Gasteiger partial charge in [-0.2, -0.15) is 10.4 Å².